The molecule has 0 spiro atoms. The third kappa shape index (κ3) is 3.71. The van der Waals surface area contributed by atoms with Crippen LogP contribution in [-0.4, -0.2) is 21.8 Å². The van der Waals surface area contributed by atoms with Crippen LogP contribution < -0.4 is 5.43 Å². The molecule has 33 heavy (non-hydrogen) atoms. The third-order valence-electron chi connectivity index (χ3n) is 10.0. The number of non-ortho nitro benzene ring substituents is 1. The van der Waals surface area contributed by atoms with E-state index in [2.05, 4.69) is 32.3 Å². The van der Waals surface area contributed by atoms with Gasteiger partial charge in [-0.3, -0.25) is 15.5 Å². The van der Waals surface area contributed by atoms with Crippen LogP contribution in [0.5, 0.6) is 0 Å². The van der Waals surface area contributed by atoms with Gasteiger partial charge in [0.05, 0.1) is 16.7 Å². The highest BCUT2D eigenvalue weighted by molar-refractivity contribution is 5.86. The first kappa shape index (κ1) is 22.6. The number of allylic oxidation sites excluding steroid dienone is 1. The minimum absolute atomic E-state index is 0.0764. The van der Waals surface area contributed by atoms with Crippen LogP contribution in [0.1, 0.15) is 72.1 Å². The van der Waals surface area contributed by atoms with Crippen LogP contribution in [0.25, 0.3) is 0 Å². The number of nitro groups is 1. The highest BCUT2D eigenvalue weighted by atomic mass is 16.6. The molecule has 0 radical (unpaired) electrons. The van der Waals surface area contributed by atoms with E-state index in [1.54, 1.807) is 6.07 Å². The first-order valence-electron chi connectivity index (χ1n) is 12.6. The zero-order chi connectivity index (χ0) is 23.4. The van der Waals surface area contributed by atoms with E-state index in [1.165, 1.54) is 43.4 Å². The van der Waals surface area contributed by atoms with Crippen LogP contribution in [-0.2, 0) is 0 Å². The lowest BCUT2D eigenvalue weighted by Crippen LogP contribution is -2.50. The Bertz CT molecular complexity index is 1000. The van der Waals surface area contributed by atoms with E-state index >= 15 is 0 Å². The first-order valence-corrected chi connectivity index (χ1v) is 12.6. The predicted molar refractivity (Wildman–Crippen MR) is 131 cm³/mol. The van der Waals surface area contributed by atoms with Gasteiger partial charge >= 0.3 is 0 Å². The van der Waals surface area contributed by atoms with Gasteiger partial charge in [0, 0.05) is 23.8 Å². The molecule has 7 unspecified atom stereocenters. The quantitative estimate of drug-likeness (QED) is 0.243. The minimum Gasteiger partial charge on any atom is -0.393 e. The van der Waals surface area contributed by atoms with Gasteiger partial charge in [-0.2, -0.15) is 5.10 Å². The molecule has 0 saturated heterocycles. The SMILES string of the molecule is C/C(=N\Nc1cccc([N+](=O)[O-])c1)C1CCC2C3CC=C4CC(O)CCC4(C)C3CCC12C. The molecule has 0 aliphatic heterocycles. The summed E-state index contributed by atoms with van der Waals surface area (Å²) in [5.74, 6) is 2.63. The molecule has 0 heterocycles. The van der Waals surface area contributed by atoms with Gasteiger partial charge in [-0.25, -0.2) is 0 Å². The molecule has 3 saturated carbocycles. The van der Waals surface area contributed by atoms with Crippen molar-refractivity contribution in [2.45, 2.75) is 78.2 Å². The van der Waals surface area contributed by atoms with Crippen molar-refractivity contribution < 1.29 is 10.0 Å². The third-order valence-corrected chi connectivity index (χ3v) is 10.0. The molecule has 6 heteroatoms. The van der Waals surface area contributed by atoms with Gasteiger partial charge in [0.15, 0.2) is 0 Å². The summed E-state index contributed by atoms with van der Waals surface area (Å²) in [6.45, 7) is 7.09. The highest BCUT2D eigenvalue weighted by Gasteiger charge is 2.59. The van der Waals surface area contributed by atoms with Gasteiger partial charge in [0.25, 0.3) is 5.69 Å². The normalized spacial score (nSPS) is 40.3. The standard InChI is InChI=1S/C27H37N3O3/c1-17(28-29-19-5-4-6-20(16-19)30(32)33)23-9-10-24-22-8-7-18-15-21(31)11-13-26(18,2)25(22)12-14-27(23,24)3/h4-7,16,21-25,29,31H,8-15H2,1-3H3/b28-17+. The fourth-order valence-corrected chi connectivity index (χ4v) is 8.25. The second-order valence-electron chi connectivity index (χ2n) is 11.5. The molecule has 7 atom stereocenters. The molecule has 0 aromatic heterocycles. The Labute approximate surface area is 196 Å². The van der Waals surface area contributed by atoms with E-state index in [9.17, 15) is 15.2 Å². The average molecular weight is 452 g/mol. The number of anilines is 1. The van der Waals surface area contributed by atoms with Gasteiger partial charge in [-0.1, -0.05) is 31.6 Å². The van der Waals surface area contributed by atoms with E-state index in [-0.39, 0.29) is 27.5 Å². The second kappa shape index (κ2) is 8.23. The topological polar surface area (TPSA) is 87.8 Å². The number of aliphatic hydroxyl groups excluding tert-OH is 1. The Morgan fingerprint density at radius 3 is 2.79 bits per heavy atom. The Morgan fingerprint density at radius 2 is 2.00 bits per heavy atom. The van der Waals surface area contributed by atoms with E-state index < -0.39 is 0 Å². The minimum atomic E-state index is -0.375. The Kier molecular flexibility index (Phi) is 5.63. The maximum absolute atomic E-state index is 11.1. The molecular formula is C27H37N3O3. The average Bonchev–Trinajstić information content (AvgIpc) is 3.15. The van der Waals surface area contributed by atoms with E-state index in [4.69, 9.17) is 5.10 Å². The summed E-state index contributed by atoms with van der Waals surface area (Å²) in [5.41, 5.74) is 6.99. The van der Waals surface area contributed by atoms with Crippen molar-refractivity contribution in [3.63, 3.8) is 0 Å². The van der Waals surface area contributed by atoms with Crippen molar-refractivity contribution >= 4 is 17.1 Å². The summed E-state index contributed by atoms with van der Waals surface area (Å²) >= 11 is 0. The summed E-state index contributed by atoms with van der Waals surface area (Å²) < 4.78 is 0. The number of benzene rings is 1. The molecule has 2 N–H and O–H groups in total. The van der Waals surface area contributed by atoms with Crippen LogP contribution >= 0.6 is 0 Å². The molecule has 5 rings (SSSR count). The van der Waals surface area contributed by atoms with Gasteiger partial charge in [0.1, 0.15) is 0 Å². The molecule has 178 valence electrons. The number of rotatable bonds is 4. The van der Waals surface area contributed by atoms with Crippen molar-refractivity contribution in [1.29, 1.82) is 0 Å². The number of fused-ring (bicyclic) bond motifs is 5. The summed E-state index contributed by atoms with van der Waals surface area (Å²) in [6.07, 6.45) is 11.4. The summed E-state index contributed by atoms with van der Waals surface area (Å²) in [7, 11) is 0. The maximum atomic E-state index is 11.1. The van der Waals surface area contributed by atoms with Crippen molar-refractivity contribution in [1.82, 2.24) is 0 Å². The number of hydrogen-bond donors (Lipinski definition) is 2. The molecule has 4 aliphatic carbocycles. The lowest BCUT2D eigenvalue weighted by atomic mass is 9.47. The van der Waals surface area contributed by atoms with Gasteiger partial charge in [0.2, 0.25) is 0 Å². The van der Waals surface area contributed by atoms with E-state index in [0.29, 0.717) is 17.5 Å². The largest absolute Gasteiger partial charge is 0.393 e. The number of nitrogens with zero attached hydrogens (tertiary/aromatic N) is 2. The first-order chi connectivity index (χ1) is 15.7. The number of hydrogen-bond acceptors (Lipinski definition) is 5. The smallest absolute Gasteiger partial charge is 0.271 e. The van der Waals surface area contributed by atoms with Crippen LogP contribution in [0, 0.1) is 44.6 Å². The van der Waals surface area contributed by atoms with E-state index in [0.717, 1.165) is 43.2 Å². The number of nitro benzene ring substituents is 1. The highest BCUT2D eigenvalue weighted by Crippen LogP contribution is 2.66. The fraction of sp³-hybridized carbons (Fsp3) is 0.667. The zero-order valence-corrected chi connectivity index (χ0v) is 20.1. The van der Waals surface area contributed by atoms with E-state index in [1.807, 2.05) is 6.07 Å². The molecule has 1 aromatic rings. The lowest BCUT2D eigenvalue weighted by molar-refractivity contribution is -0.384. The number of aliphatic hydroxyl groups is 1. The molecular weight excluding hydrogens is 414 g/mol. The van der Waals surface area contributed by atoms with Crippen LogP contribution in [0.3, 0.4) is 0 Å². The Morgan fingerprint density at radius 1 is 1.18 bits per heavy atom. The second-order valence-corrected chi connectivity index (χ2v) is 11.5. The molecule has 0 amide bonds. The zero-order valence-electron chi connectivity index (χ0n) is 20.1. The van der Waals surface area contributed by atoms with Crippen LogP contribution in [0.15, 0.2) is 41.0 Å². The molecule has 6 nitrogen and oxygen atoms in total. The van der Waals surface area contributed by atoms with Crippen LogP contribution in [0.2, 0.25) is 0 Å². The summed E-state index contributed by atoms with van der Waals surface area (Å²) in [4.78, 5) is 10.7. The van der Waals surface area contributed by atoms with Gasteiger partial charge < -0.3 is 5.11 Å². The summed E-state index contributed by atoms with van der Waals surface area (Å²) in [6, 6.07) is 6.55. The number of nitrogens with one attached hydrogen (secondary N) is 1. The molecule has 1 aromatic carbocycles. The Hall–Kier alpha value is -2.21. The van der Waals surface area contributed by atoms with Crippen LogP contribution in [0.4, 0.5) is 11.4 Å². The monoisotopic (exact) mass is 451 g/mol. The lowest BCUT2D eigenvalue weighted by Gasteiger charge is -2.58. The molecule has 3 fully saturated rings. The fourth-order valence-electron chi connectivity index (χ4n) is 8.25. The van der Waals surface area contributed by atoms with Crippen molar-refractivity contribution in [3.8, 4) is 0 Å². The van der Waals surface area contributed by atoms with Gasteiger partial charge in [-0.15, -0.1) is 0 Å². The maximum Gasteiger partial charge on any atom is 0.271 e. The van der Waals surface area contributed by atoms with Crippen molar-refractivity contribution in [2.75, 3.05) is 5.43 Å². The summed E-state index contributed by atoms with van der Waals surface area (Å²) in [5, 5.41) is 26.0. The van der Waals surface area contributed by atoms with Crippen molar-refractivity contribution in [3.05, 3.63) is 46.0 Å². The van der Waals surface area contributed by atoms with Gasteiger partial charge in [-0.05, 0) is 92.9 Å². The van der Waals surface area contributed by atoms with Crippen molar-refractivity contribution in [2.24, 2.45) is 39.6 Å². The predicted octanol–water partition coefficient (Wildman–Crippen LogP) is 6.32. The number of hydrazone groups is 1. The molecule has 0 bridgehead atoms. The molecule has 4 aliphatic rings. The Balaban J connectivity index is 1.34.